The third kappa shape index (κ3) is 9.54. The number of hydrogen-bond donors (Lipinski definition) is 1. The van der Waals surface area contributed by atoms with Crippen LogP contribution < -0.4 is 25.5 Å². The zero-order valence-corrected chi connectivity index (χ0v) is 28.9. The molecule has 6 aromatic rings. The van der Waals surface area contributed by atoms with Crippen LogP contribution in [0, 0.1) is 0 Å². The lowest BCUT2D eigenvalue weighted by Crippen LogP contribution is -2.08. The first kappa shape index (κ1) is 36.2. The molecular weight excluding hydrogens is 648 g/mol. The van der Waals surface area contributed by atoms with Crippen molar-refractivity contribution < 1.29 is 32.9 Å². The molecule has 0 amide bonds. The lowest BCUT2D eigenvalue weighted by molar-refractivity contribution is -0.130. The van der Waals surface area contributed by atoms with E-state index in [2.05, 4.69) is 20.4 Å². The Morgan fingerprint density at radius 3 is 1.57 bits per heavy atom. The number of fused-ring (bicyclic) bond motifs is 2. The molecule has 0 aliphatic carbocycles. The number of hydrogen-bond acceptors (Lipinski definition) is 9. The van der Waals surface area contributed by atoms with E-state index in [-0.39, 0.29) is 5.75 Å². The van der Waals surface area contributed by atoms with E-state index in [1.54, 1.807) is 43.3 Å². The highest BCUT2D eigenvalue weighted by Gasteiger charge is 2.12. The lowest BCUT2D eigenvalue weighted by atomic mass is 10.1. The minimum Gasteiger partial charge on any atom is -0.508 e. The first-order chi connectivity index (χ1) is 24.6. The molecule has 9 heteroatoms. The van der Waals surface area contributed by atoms with Gasteiger partial charge in [-0.3, -0.25) is 0 Å². The number of phenolic OH excluding ortho intramolecular Hbond substituents is 1. The van der Waals surface area contributed by atoms with Crippen LogP contribution in [0.3, 0.4) is 0 Å². The highest BCUT2D eigenvalue weighted by atomic mass is 16.5. The Labute approximate surface area is 295 Å². The van der Waals surface area contributed by atoms with Crippen molar-refractivity contribution in [3.8, 4) is 45.3 Å². The molecule has 9 nitrogen and oxygen atoms in total. The van der Waals surface area contributed by atoms with Crippen LogP contribution in [0.5, 0.6) is 23.0 Å². The normalized spacial score (nSPS) is 10.7. The summed E-state index contributed by atoms with van der Waals surface area (Å²) in [6, 6.07) is 27.9. The van der Waals surface area contributed by atoms with Crippen molar-refractivity contribution in [2.24, 2.45) is 0 Å². The molecule has 0 saturated carbocycles. The van der Waals surface area contributed by atoms with Crippen molar-refractivity contribution in [2.45, 2.75) is 46.5 Å². The Kier molecular flexibility index (Phi) is 12.1. The van der Waals surface area contributed by atoms with Gasteiger partial charge in [0.05, 0.1) is 24.3 Å². The topological polar surface area (TPSA) is 125 Å². The van der Waals surface area contributed by atoms with Crippen LogP contribution in [0.1, 0.15) is 46.5 Å². The van der Waals surface area contributed by atoms with Crippen LogP contribution in [-0.4, -0.2) is 24.3 Å². The molecular formula is C42H40O9. The van der Waals surface area contributed by atoms with E-state index in [9.17, 15) is 19.5 Å². The average molecular weight is 689 g/mol. The fourth-order valence-corrected chi connectivity index (χ4v) is 4.98. The van der Waals surface area contributed by atoms with Gasteiger partial charge in [0.1, 0.15) is 34.2 Å². The van der Waals surface area contributed by atoms with Gasteiger partial charge >= 0.3 is 17.2 Å². The van der Waals surface area contributed by atoms with E-state index in [4.69, 9.17) is 23.0 Å². The van der Waals surface area contributed by atoms with Gasteiger partial charge < -0.3 is 28.2 Å². The van der Waals surface area contributed by atoms with E-state index in [0.29, 0.717) is 46.8 Å². The SMILES string of the molecule is C=C(C)C(=O)Oc1ccc2cc(-c3ccc(OCCCC)cc3)c(=O)oc2c1.CCCCOc1ccc(-c2cc3ccc(O)cc3oc2=O)cc1. The van der Waals surface area contributed by atoms with Gasteiger partial charge in [-0.2, -0.15) is 0 Å². The Bertz CT molecular complexity index is 2250. The number of esters is 1. The van der Waals surface area contributed by atoms with Crippen molar-refractivity contribution in [3.63, 3.8) is 0 Å². The van der Waals surface area contributed by atoms with Crippen molar-refractivity contribution in [1.29, 1.82) is 0 Å². The molecule has 0 fully saturated rings. The molecule has 0 saturated heterocycles. The fourth-order valence-electron chi connectivity index (χ4n) is 4.98. The molecule has 0 bridgehead atoms. The summed E-state index contributed by atoms with van der Waals surface area (Å²) in [7, 11) is 0. The Morgan fingerprint density at radius 1 is 0.647 bits per heavy atom. The number of carbonyl (C=O) groups excluding carboxylic acids is 1. The molecule has 1 N–H and O–H groups in total. The molecule has 0 aliphatic heterocycles. The number of aromatic hydroxyl groups is 1. The molecule has 6 rings (SSSR count). The van der Waals surface area contributed by atoms with Crippen LogP contribution in [0.15, 0.2) is 128 Å². The van der Waals surface area contributed by atoms with Crippen LogP contribution >= 0.6 is 0 Å². The summed E-state index contributed by atoms with van der Waals surface area (Å²) < 4.78 is 27.2. The van der Waals surface area contributed by atoms with Gasteiger partial charge in [0, 0.05) is 28.5 Å². The Balaban J connectivity index is 0.000000201. The van der Waals surface area contributed by atoms with Crippen molar-refractivity contribution >= 4 is 27.9 Å². The predicted molar refractivity (Wildman–Crippen MR) is 199 cm³/mol. The molecule has 0 spiro atoms. The third-order valence-corrected chi connectivity index (χ3v) is 7.85. The number of rotatable bonds is 12. The van der Waals surface area contributed by atoms with Crippen LogP contribution in [0.25, 0.3) is 44.2 Å². The minimum absolute atomic E-state index is 0.0713. The van der Waals surface area contributed by atoms with Gasteiger partial charge in [0.25, 0.3) is 0 Å². The van der Waals surface area contributed by atoms with Gasteiger partial charge in [-0.25, -0.2) is 14.4 Å². The molecule has 0 atom stereocenters. The maximum atomic E-state index is 12.5. The second-order valence-electron chi connectivity index (χ2n) is 11.9. The van der Waals surface area contributed by atoms with Gasteiger partial charge in [0.2, 0.25) is 0 Å². The van der Waals surface area contributed by atoms with Gasteiger partial charge in [-0.15, -0.1) is 0 Å². The van der Waals surface area contributed by atoms with E-state index in [0.717, 1.165) is 59.1 Å². The summed E-state index contributed by atoms with van der Waals surface area (Å²) in [5.74, 6) is 1.40. The first-order valence-corrected chi connectivity index (χ1v) is 16.8. The summed E-state index contributed by atoms with van der Waals surface area (Å²) in [6.45, 7) is 10.7. The average Bonchev–Trinajstić information content (AvgIpc) is 3.12. The third-order valence-electron chi connectivity index (χ3n) is 7.85. The van der Waals surface area contributed by atoms with Crippen molar-refractivity contribution in [3.05, 3.63) is 130 Å². The van der Waals surface area contributed by atoms with Crippen LogP contribution in [0.2, 0.25) is 0 Å². The van der Waals surface area contributed by atoms with Crippen molar-refractivity contribution in [1.82, 2.24) is 0 Å². The van der Waals surface area contributed by atoms with Crippen molar-refractivity contribution in [2.75, 3.05) is 13.2 Å². The fraction of sp³-hybridized carbons (Fsp3) is 0.214. The molecule has 0 unspecified atom stereocenters. The molecule has 2 aromatic heterocycles. The standard InChI is InChI=1S/C23H22O5.C19H18O4/c1-4-5-12-26-18-9-6-16(7-10-18)20-13-17-8-11-19(27-22(24)15(2)3)14-21(17)28-23(20)25;1-2-3-10-22-16-8-5-13(6-9-16)17-11-14-4-7-15(20)12-18(14)23-19(17)21/h6-11,13-14H,2,4-5,12H2,1,3H3;4-9,11-12,20H,2-3,10H2,1H3. The second-order valence-corrected chi connectivity index (χ2v) is 11.9. The first-order valence-electron chi connectivity index (χ1n) is 16.8. The molecule has 2 heterocycles. The summed E-state index contributed by atoms with van der Waals surface area (Å²) >= 11 is 0. The summed E-state index contributed by atoms with van der Waals surface area (Å²) in [6.07, 6.45) is 4.18. The molecule has 262 valence electrons. The van der Waals surface area contributed by atoms with E-state index < -0.39 is 17.2 Å². The Hall–Kier alpha value is -6.09. The predicted octanol–water partition coefficient (Wildman–Crippen LogP) is 9.46. The van der Waals surface area contributed by atoms with E-state index in [1.807, 2.05) is 48.5 Å². The minimum atomic E-state index is -0.528. The molecule has 0 radical (unpaired) electrons. The highest BCUT2D eigenvalue weighted by Crippen LogP contribution is 2.27. The summed E-state index contributed by atoms with van der Waals surface area (Å²) in [5, 5.41) is 10.9. The number of phenols is 1. The molecule has 51 heavy (non-hydrogen) atoms. The second kappa shape index (κ2) is 17.0. The quantitative estimate of drug-likeness (QED) is 0.0440. The van der Waals surface area contributed by atoms with Crippen LogP contribution in [-0.2, 0) is 4.79 Å². The smallest absolute Gasteiger partial charge is 0.344 e. The lowest BCUT2D eigenvalue weighted by Gasteiger charge is -2.08. The number of carbonyl (C=O) groups is 1. The van der Waals surface area contributed by atoms with Crippen LogP contribution in [0.4, 0.5) is 0 Å². The molecule has 4 aromatic carbocycles. The largest absolute Gasteiger partial charge is 0.508 e. The zero-order valence-electron chi connectivity index (χ0n) is 28.9. The molecule has 0 aliphatic rings. The monoisotopic (exact) mass is 688 g/mol. The summed E-state index contributed by atoms with van der Waals surface area (Å²) in [4.78, 5) is 36.3. The zero-order chi connectivity index (χ0) is 36.3. The van der Waals surface area contributed by atoms with Gasteiger partial charge in [-0.05, 0) is 91.6 Å². The van der Waals surface area contributed by atoms with Gasteiger partial charge in [-0.1, -0.05) is 57.5 Å². The highest BCUT2D eigenvalue weighted by molar-refractivity contribution is 5.90. The van der Waals surface area contributed by atoms with E-state index in [1.165, 1.54) is 12.1 Å². The number of benzene rings is 4. The van der Waals surface area contributed by atoms with E-state index >= 15 is 0 Å². The maximum Gasteiger partial charge on any atom is 0.344 e. The van der Waals surface area contributed by atoms with Gasteiger partial charge in [0.15, 0.2) is 0 Å². The summed E-state index contributed by atoms with van der Waals surface area (Å²) in [5.41, 5.74) is 2.59. The Morgan fingerprint density at radius 2 is 1.10 bits per heavy atom. The maximum absolute atomic E-state index is 12.5. The number of ether oxygens (including phenoxy) is 3. The number of unbranched alkanes of at least 4 members (excludes halogenated alkanes) is 2.